The average molecular weight is 356 g/mol. The summed E-state index contributed by atoms with van der Waals surface area (Å²) in [4.78, 5) is 17.2. The maximum Gasteiger partial charge on any atom is 0.255 e. The number of fused-ring (bicyclic) bond motifs is 1. The van der Waals surface area contributed by atoms with Crippen LogP contribution >= 0.6 is 0 Å². The number of nitrogens with zero attached hydrogens (tertiary/aromatic N) is 3. The molecule has 1 N–H and O–H groups in total. The van der Waals surface area contributed by atoms with Crippen molar-refractivity contribution in [2.45, 2.75) is 20.4 Å². The molecule has 4 aromatic rings. The van der Waals surface area contributed by atoms with E-state index in [4.69, 9.17) is 0 Å². The van der Waals surface area contributed by atoms with Gasteiger partial charge in [0.25, 0.3) is 5.91 Å². The van der Waals surface area contributed by atoms with Gasteiger partial charge in [0.2, 0.25) is 0 Å². The summed E-state index contributed by atoms with van der Waals surface area (Å²) in [6, 6.07) is 20.0. The van der Waals surface area contributed by atoms with Gasteiger partial charge >= 0.3 is 0 Å². The van der Waals surface area contributed by atoms with E-state index in [2.05, 4.69) is 15.4 Å². The SMILES string of the molecule is Cc1ccc(CNC(=O)c2cnn(-c3ccc4ccccc4n3)c2C)cc1. The van der Waals surface area contributed by atoms with Gasteiger partial charge in [-0.05, 0) is 37.6 Å². The van der Waals surface area contributed by atoms with E-state index < -0.39 is 0 Å². The van der Waals surface area contributed by atoms with Crippen molar-refractivity contribution in [2.75, 3.05) is 0 Å². The quantitative estimate of drug-likeness (QED) is 0.602. The maximum absolute atomic E-state index is 12.6. The van der Waals surface area contributed by atoms with Crippen LogP contribution in [0.3, 0.4) is 0 Å². The molecular formula is C22H20N4O. The van der Waals surface area contributed by atoms with Gasteiger partial charge in [0, 0.05) is 11.9 Å². The minimum atomic E-state index is -0.139. The van der Waals surface area contributed by atoms with E-state index in [0.717, 1.165) is 22.2 Å². The zero-order valence-corrected chi connectivity index (χ0v) is 15.3. The summed E-state index contributed by atoms with van der Waals surface area (Å²) in [5.74, 6) is 0.559. The fourth-order valence-corrected chi connectivity index (χ4v) is 3.02. The van der Waals surface area contributed by atoms with Gasteiger partial charge in [-0.1, -0.05) is 48.0 Å². The highest BCUT2D eigenvalue weighted by molar-refractivity contribution is 5.95. The van der Waals surface area contributed by atoms with Crippen LogP contribution in [-0.2, 0) is 6.54 Å². The van der Waals surface area contributed by atoms with Gasteiger partial charge in [-0.3, -0.25) is 4.79 Å². The Morgan fingerprint density at radius 1 is 1.00 bits per heavy atom. The highest BCUT2D eigenvalue weighted by Crippen LogP contribution is 2.17. The number of aryl methyl sites for hydroxylation is 1. The predicted molar refractivity (Wildman–Crippen MR) is 106 cm³/mol. The van der Waals surface area contributed by atoms with Gasteiger partial charge in [0.05, 0.1) is 23.0 Å². The Morgan fingerprint density at radius 3 is 2.59 bits per heavy atom. The van der Waals surface area contributed by atoms with Crippen molar-refractivity contribution < 1.29 is 4.79 Å². The molecule has 0 aliphatic heterocycles. The second-order valence-electron chi connectivity index (χ2n) is 6.59. The van der Waals surface area contributed by atoms with Crippen LogP contribution in [0.2, 0.25) is 0 Å². The summed E-state index contributed by atoms with van der Waals surface area (Å²) in [6.07, 6.45) is 1.59. The molecule has 5 heteroatoms. The summed E-state index contributed by atoms with van der Waals surface area (Å²) >= 11 is 0. The van der Waals surface area contributed by atoms with Gasteiger partial charge in [-0.2, -0.15) is 5.10 Å². The summed E-state index contributed by atoms with van der Waals surface area (Å²) < 4.78 is 1.70. The first-order valence-corrected chi connectivity index (χ1v) is 8.86. The Bertz CT molecular complexity index is 1110. The van der Waals surface area contributed by atoms with Crippen molar-refractivity contribution in [1.82, 2.24) is 20.1 Å². The average Bonchev–Trinajstić information content (AvgIpc) is 3.08. The third-order valence-electron chi connectivity index (χ3n) is 4.63. The molecule has 0 saturated carbocycles. The van der Waals surface area contributed by atoms with Gasteiger partial charge in [-0.25, -0.2) is 9.67 Å². The number of hydrogen-bond donors (Lipinski definition) is 1. The van der Waals surface area contributed by atoms with Crippen LogP contribution in [0, 0.1) is 13.8 Å². The third kappa shape index (κ3) is 3.44. The van der Waals surface area contributed by atoms with Crippen LogP contribution in [0.25, 0.3) is 16.7 Å². The standard InChI is InChI=1S/C22H20N4O/c1-15-7-9-17(10-8-15)13-23-22(27)19-14-24-26(16(19)2)21-12-11-18-5-3-4-6-20(18)25-21/h3-12,14H,13H2,1-2H3,(H,23,27). The van der Waals surface area contributed by atoms with Crippen molar-refractivity contribution in [1.29, 1.82) is 0 Å². The number of para-hydroxylation sites is 1. The van der Waals surface area contributed by atoms with Crippen LogP contribution < -0.4 is 5.32 Å². The molecule has 27 heavy (non-hydrogen) atoms. The number of pyridine rings is 1. The number of carbonyl (C=O) groups is 1. The van der Waals surface area contributed by atoms with Crippen LogP contribution in [0.15, 0.2) is 66.9 Å². The number of rotatable bonds is 4. The number of benzene rings is 2. The van der Waals surface area contributed by atoms with E-state index in [1.54, 1.807) is 10.9 Å². The van der Waals surface area contributed by atoms with Crippen LogP contribution in [-0.4, -0.2) is 20.7 Å². The molecule has 0 fully saturated rings. The topological polar surface area (TPSA) is 59.8 Å². The minimum absolute atomic E-state index is 0.139. The Hall–Kier alpha value is -3.47. The first-order valence-electron chi connectivity index (χ1n) is 8.86. The Kier molecular flexibility index (Phi) is 4.42. The van der Waals surface area contributed by atoms with Crippen molar-refractivity contribution in [2.24, 2.45) is 0 Å². The lowest BCUT2D eigenvalue weighted by Crippen LogP contribution is -2.23. The fraction of sp³-hybridized carbons (Fsp3) is 0.136. The molecule has 4 rings (SSSR count). The van der Waals surface area contributed by atoms with Crippen LogP contribution in [0.4, 0.5) is 0 Å². The summed E-state index contributed by atoms with van der Waals surface area (Å²) in [6.45, 7) is 4.41. The second kappa shape index (κ2) is 7.03. The highest BCUT2D eigenvalue weighted by atomic mass is 16.1. The lowest BCUT2D eigenvalue weighted by Gasteiger charge is -2.07. The molecule has 0 atom stereocenters. The number of nitrogens with one attached hydrogen (secondary N) is 1. The molecule has 0 saturated heterocycles. The lowest BCUT2D eigenvalue weighted by molar-refractivity contribution is 0.0950. The van der Waals surface area contributed by atoms with Gasteiger partial charge in [0.15, 0.2) is 5.82 Å². The minimum Gasteiger partial charge on any atom is -0.348 e. The number of hydrogen-bond acceptors (Lipinski definition) is 3. The van der Waals surface area contributed by atoms with Crippen molar-refractivity contribution in [3.8, 4) is 5.82 Å². The Balaban J connectivity index is 1.55. The first-order chi connectivity index (χ1) is 13.1. The fourth-order valence-electron chi connectivity index (χ4n) is 3.02. The molecular weight excluding hydrogens is 336 g/mol. The van der Waals surface area contributed by atoms with E-state index in [9.17, 15) is 4.79 Å². The smallest absolute Gasteiger partial charge is 0.255 e. The lowest BCUT2D eigenvalue weighted by atomic mass is 10.1. The van der Waals surface area contributed by atoms with Gasteiger partial charge in [0.1, 0.15) is 0 Å². The van der Waals surface area contributed by atoms with Crippen molar-refractivity contribution in [3.63, 3.8) is 0 Å². The molecule has 0 spiro atoms. The van der Waals surface area contributed by atoms with E-state index in [-0.39, 0.29) is 5.91 Å². The molecule has 0 aliphatic carbocycles. The van der Waals surface area contributed by atoms with Crippen LogP contribution in [0.5, 0.6) is 0 Å². The Morgan fingerprint density at radius 2 is 1.78 bits per heavy atom. The molecule has 1 amide bonds. The van der Waals surface area contributed by atoms with Crippen molar-refractivity contribution in [3.05, 3.63) is 89.2 Å². The summed E-state index contributed by atoms with van der Waals surface area (Å²) in [5.41, 5.74) is 4.48. The number of carbonyl (C=O) groups excluding carboxylic acids is 1. The largest absolute Gasteiger partial charge is 0.348 e. The molecule has 0 bridgehead atoms. The number of aromatic nitrogens is 3. The Labute approximate surface area is 157 Å². The summed E-state index contributed by atoms with van der Waals surface area (Å²) in [7, 11) is 0. The maximum atomic E-state index is 12.6. The molecule has 0 unspecified atom stereocenters. The molecule has 0 aliphatic rings. The second-order valence-corrected chi connectivity index (χ2v) is 6.59. The molecule has 0 radical (unpaired) electrons. The molecule has 2 aromatic heterocycles. The normalized spacial score (nSPS) is 10.9. The number of amides is 1. The zero-order valence-electron chi connectivity index (χ0n) is 15.3. The van der Waals surface area contributed by atoms with E-state index in [0.29, 0.717) is 17.9 Å². The predicted octanol–water partition coefficient (Wildman–Crippen LogP) is 3.97. The first kappa shape index (κ1) is 17.0. The zero-order chi connectivity index (χ0) is 18.8. The van der Waals surface area contributed by atoms with Crippen LogP contribution in [0.1, 0.15) is 27.2 Å². The summed E-state index contributed by atoms with van der Waals surface area (Å²) in [5, 5.41) is 8.40. The molecule has 2 heterocycles. The monoisotopic (exact) mass is 356 g/mol. The van der Waals surface area contributed by atoms with E-state index in [1.807, 2.05) is 74.5 Å². The van der Waals surface area contributed by atoms with E-state index >= 15 is 0 Å². The van der Waals surface area contributed by atoms with Gasteiger partial charge in [-0.15, -0.1) is 0 Å². The highest BCUT2D eigenvalue weighted by Gasteiger charge is 2.15. The molecule has 134 valence electrons. The van der Waals surface area contributed by atoms with Crippen molar-refractivity contribution >= 4 is 16.8 Å². The van der Waals surface area contributed by atoms with Gasteiger partial charge < -0.3 is 5.32 Å². The third-order valence-corrected chi connectivity index (χ3v) is 4.63. The molecule has 2 aromatic carbocycles. The molecule has 5 nitrogen and oxygen atoms in total. The van der Waals surface area contributed by atoms with E-state index in [1.165, 1.54) is 5.56 Å².